The highest BCUT2D eigenvalue weighted by Gasteiger charge is 2.50. The lowest BCUT2D eigenvalue weighted by Gasteiger charge is -2.24. The standard InChI is InChI=1S/C40H56N14O17P2S2/c1-40(2,3)75-74-18-24(49-39(59)65-15-21-7-9-22(10-8-21)51-52-44)35(56)45-12-5-4-6-23(41)37(57)70-32-27(69-36(31(32)55)54-20-48-30-33(43)46-19-47-34(30)54)17-67-73(63,64)71-25-14-29(53-13-11-28(42)50-38(53)58)68-26(25)16-66-72(60,61)62/h7-11,13,19-20,23-27,29,31-32,36,55H,4-6,12,14-18,41H2,1-3H3,(H,45,56)(H,49,59)(H,63,64)(H2,42,50,58)(H2,43,46,47)(H2,60,61,62)/t23?,24-,25-,26+,27+,29+,31+,32+,36+/m0/s1. The van der Waals surface area contributed by atoms with Gasteiger partial charge in [0.1, 0.15) is 67.0 Å². The summed E-state index contributed by atoms with van der Waals surface area (Å²) in [5, 5.41) is 20.5. The molecule has 10 atom stereocenters. The highest BCUT2D eigenvalue weighted by molar-refractivity contribution is 8.77. The summed E-state index contributed by atoms with van der Waals surface area (Å²) in [5.41, 5.74) is 26.8. The van der Waals surface area contributed by atoms with Crippen LogP contribution >= 0.6 is 37.2 Å². The number of nitrogens with two attached hydrogens (primary N) is 3. The fraction of sp³-hybridized carbons (Fsp3) is 0.550. The van der Waals surface area contributed by atoms with Crippen molar-refractivity contribution in [3.63, 3.8) is 0 Å². The maximum atomic E-state index is 13.6. The number of benzene rings is 1. The summed E-state index contributed by atoms with van der Waals surface area (Å²) in [6.45, 7) is 4.25. The molecule has 2 aliphatic heterocycles. The molecule has 12 N–H and O–H groups in total. The van der Waals surface area contributed by atoms with Gasteiger partial charge >= 0.3 is 33.4 Å². The van der Waals surface area contributed by atoms with E-state index in [1.807, 2.05) is 20.8 Å². The van der Waals surface area contributed by atoms with Gasteiger partial charge in [0.2, 0.25) is 5.91 Å². The van der Waals surface area contributed by atoms with Crippen LogP contribution < -0.4 is 33.5 Å². The maximum Gasteiger partial charge on any atom is 0.472 e. The van der Waals surface area contributed by atoms with Crippen molar-refractivity contribution in [1.29, 1.82) is 0 Å². The van der Waals surface area contributed by atoms with E-state index in [1.165, 1.54) is 44.7 Å². The predicted octanol–water partition coefficient (Wildman–Crippen LogP) is 2.35. The number of carbonyl (C=O) groups is 3. The number of aromatic nitrogens is 6. The van der Waals surface area contributed by atoms with Gasteiger partial charge in [0.05, 0.1) is 19.5 Å². The number of hydrogen-bond acceptors (Lipinski definition) is 24. The summed E-state index contributed by atoms with van der Waals surface area (Å²) in [4.78, 5) is 100. The molecule has 0 aliphatic carbocycles. The molecule has 6 rings (SSSR count). The third kappa shape index (κ3) is 17.3. The molecule has 5 heterocycles. The van der Waals surface area contributed by atoms with Crippen molar-refractivity contribution >= 4 is 83.7 Å². The molecule has 31 nitrogen and oxygen atoms in total. The van der Waals surface area contributed by atoms with Crippen molar-refractivity contribution in [3.8, 4) is 0 Å². The van der Waals surface area contributed by atoms with Gasteiger partial charge in [-0.05, 0) is 36.4 Å². The molecule has 1 aromatic carbocycles. The van der Waals surface area contributed by atoms with Gasteiger partial charge in [-0.25, -0.2) is 33.7 Å². The molecule has 0 radical (unpaired) electrons. The third-order valence-electron chi connectivity index (χ3n) is 10.8. The summed E-state index contributed by atoms with van der Waals surface area (Å²) in [5.74, 6) is -1.43. The topological polar surface area (TPSA) is 460 Å². The largest absolute Gasteiger partial charge is 0.472 e. The molecule has 0 saturated carbocycles. The number of aliphatic hydroxyl groups is 1. The van der Waals surface area contributed by atoms with Gasteiger partial charge in [0, 0.05) is 40.3 Å². The first-order valence-corrected chi connectivity index (χ1v) is 28.0. The summed E-state index contributed by atoms with van der Waals surface area (Å²) < 4.78 is 65.2. The number of phosphoric ester groups is 2. The van der Waals surface area contributed by atoms with Crippen molar-refractivity contribution < 1.29 is 75.8 Å². The zero-order chi connectivity index (χ0) is 54.7. The second-order valence-electron chi connectivity index (χ2n) is 17.6. The normalized spacial score (nSPS) is 22.4. The number of azide groups is 1. The number of carbonyl (C=O) groups excluding carboxylic acids is 3. The Bertz CT molecular complexity index is 2840. The number of phosphoric acid groups is 2. The number of alkyl carbamates (subject to hydrolysis) is 1. The van der Waals surface area contributed by atoms with Gasteiger partial charge in [0.25, 0.3) is 0 Å². The van der Waals surface area contributed by atoms with Crippen LogP contribution in [0, 0.1) is 0 Å². The summed E-state index contributed by atoms with van der Waals surface area (Å²) >= 11 is 0. The Morgan fingerprint density at radius 1 is 1.03 bits per heavy atom. The van der Waals surface area contributed by atoms with E-state index in [0.717, 1.165) is 10.9 Å². The number of nitrogens with one attached hydrogen (secondary N) is 2. The van der Waals surface area contributed by atoms with Crippen molar-refractivity contribution in [1.82, 2.24) is 39.7 Å². The molecule has 2 saturated heterocycles. The number of nitrogen functional groups attached to an aromatic ring is 2. The fourth-order valence-corrected chi connectivity index (χ4v) is 11.0. The molecule has 0 bridgehead atoms. The van der Waals surface area contributed by atoms with Gasteiger partial charge in [-0.2, -0.15) is 4.98 Å². The maximum absolute atomic E-state index is 13.6. The van der Waals surface area contributed by atoms with Crippen molar-refractivity contribution in [2.45, 2.75) is 113 Å². The Labute approximate surface area is 434 Å². The van der Waals surface area contributed by atoms with Crippen molar-refractivity contribution in [2.24, 2.45) is 10.8 Å². The van der Waals surface area contributed by atoms with Crippen LogP contribution in [0.25, 0.3) is 21.6 Å². The van der Waals surface area contributed by atoms with Gasteiger partial charge in [-0.15, -0.1) is 0 Å². The number of fused-ring (bicyclic) bond motifs is 1. The third-order valence-corrected chi connectivity index (χ3v) is 15.7. The van der Waals surface area contributed by atoms with E-state index >= 15 is 0 Å². The predicted molar refractivity (Wildman–Crippen MR) is 267 cm³/mol. The van der Waals surface area contributed by atoms with E-state index in [0.29, 0.717) is 17.7 Å². The number of esters is 1. The second-order valence-corrected chi connectivity index (χ2v) is 23.5. The Balaban J connectivity index is 1.06. The van der Waals surface area contributed by atoms with Gasteiger partial charge in [0.15, 0.2) is 23.8 Å². The van der Waals surface area contributed by atoms with Crippen LogP contribution in [-0.2, 0) is 57.8 Å². The van der Waals surface area contributed by atoms with Crippen molar-refractivity contribution in [2.75, 3.05) is 37.0 Å². The number of hydrogen-bond donors (Lipinski definition) is 9. The molecule has 2 fully saturated rings. The Kier molecular flexibility index (Phi) is 20.4. The SMILES string of the molecule is CC(C)(C)SSC[C@H](NC(=O)OCc1ccc(N=[N+]=[N-])cc1)C(=O)NCCCCC(N)C(=O)O[C@H]1[C@@H](O)[C@H](n2cnc3c(N)ncnc32)O[C@@H]1COP(=O)(O)O[C@H]1C[C@H](n2ccc(N)nc2=O)O[C@@H]1COP(=O)(O)O. The number of imidazole rings is 1. The number of rotatable bonds is 25. The zero-order valence-corrected chi connectivity index (χ0v) is 43.7. The summed E-state index contributed by atoms with van der Waals surface area (Å²) in [7, 11) is -7.42. The van der Waals surface area contributed by atoms with Crippen LogP contribution in [0.4, 0.5) is 22.1 Å². The van der Waals surface area contributed by atoms with E-state index in [4.69, 9.17) is 50.7 Å². The molecule has 2 amide bonds. The Morgan fingerprint density at radius 3 is 2.45 bits per heavy atom. The molecule has 4 aromatic rings. The minimum absolute atomic E-state index is 0.00594. The lowest BCUT2D eigenvalue weighted by atomic mass is 10.1. The number of amides is 2. The zero-order valence-electron chi connectivity index (χ0n) is 40.2. The number of aliphatic hydroxyl groups excluding tert-OH is 1. The molecular weight excluding hydrogens is 1070 g/mol. The van der Waals surface area contributed by atoms with E-state index in [-0.39, 0.29) is 65.7 Å². The lowest BCUT2D eigenvalue weighted by molar-refractivity contribution is -0.158. The molecule has 410 valence electrons. The molecule has 2 aliphatic rings. The Morgan fingerprint density at radius 2 is 1.76 bits per heavy atom. The first-order valence-electron chi connectivity index (χ1n) is 22.6. The van der Waals surface area contributed by atoms with E-state index in [9.17, 15) is 48.1 Å². The highest BCUT2D eigenvalue weighted by Crippen LogP contribution is 2.50. The number of nitrogens with zero attached hydrogens (tertiary/aromatic N) is 9. The summed E-state index contributed by atoms with van der Waals surface area (Å²) in [6, 6.07) is 5.36. The molecular formula is C40H56N14O17P2S2. The number of ether oxygens (including phenoxy) is 4. The average molecular weight is 1130 g/mol. The van der Waals surface area contributed by atoms with E-state index in [2.05, 4.69) is 45.1 Å². The smallest absolute Gasteiger partial charge is 0.455 e. The minimum atomic E-state index is -5.24. The van der Waals surface area contributed by atoms with Crippen LogP contribution in [0.5, 0.6) is 0 Å². The quantitative estimate of drug-likeness (QED) is 0.00874. The molecule has 75 heavy (non-hydrogen) atoms. The first kappa shape index (κ1) is 58.8. The van der Waals surface area contributed by atoms with Crippen molar-refractivity contribution in [3.05, 3.63) is 75.7 Å². The van der Waals surface area contributed by atoms with Gasteiger partial charge < -0.3 is 66.6 Å². The van der Waals surface area contributed by atoms with Crippen LogP contribution in [0.2, 0.25) is 0 Å². The van der Waals surface area contributed by atoms with Crippen LogP contribution in [0.3, 0.4) is 0 Å². The van der Waals surface area contributed by atoms with Crippen LogP contribution in [0.1, 0.15) is 64.5 Å². The number of unbranched alkanes of at least 4 members (excludes halogenated alkanes) is 1. The lowest BCUT2D eigenvalue weighted by Crippen LogP contribution is -2.48. The monoisotopic (exact) mass is 1130 g/mol. The van der Waals surface area contributed by atoms with Gasteiger partial charge in [-0.1, -0.05) is 71.7 Å². The molecule has 2 unspecified atom stereocenters. The van der Waals surface area contributed by atoms with Crippen LogP contribution in [0.15, 0.2) is 59.1 Å². The Hall–Kier alpha value is -5.47. The average Bonchev–Trinajstić information content (AvgIpc) is 4.04. The fourth-order valence-electron chi connectivity index (χ4n) is 7.27. The van der Waals surface area contributed by atoms with Gasteiger partial charge in [-0.3, -0.25) is 32.3 Å². The number of anilines is 2. The van der Waals surface area contributed by atoms with Crippen LogP contribution in [-0.4, -0.2) is 140 Å². The van der Waals surface area contributed by atoms with E-state index < -0.39 is 108 Å². The molecule has 0 spiro atoms. The first-order chi connectivity index (χ1) is 35.4. The summed E-state index contributed by atoms with van der Waals surface area (Å²) in [6.07, 6.45) is -7.48. The highest BCUT2D eigenvalue weighted by atomic mass is 33.1. The molecule has 35 heteroatoms. The molecule has 3 aromatic heterocycles. The second kappa shape index (κ2) is 26.1. The minimum Gasteiger partial charge on any atom is -0.455 e. The van der Waals surface area contributed by atoms with E-state index in [1.54, 1.807) is 24.3 Å².